The van der Waals surface area contributed by atoms with E-state index in [-0.39, 0.29) is 0 Å². The van der Waals surface area contributed by atoms with Gasteiger partial charge in [-0.25, -0.2) is 9.97 Å². The minimum Gasteiger partial charge on any atom is -0.227 e. The fourth-order valence-electron chi connectivity index (χ4n) is 5.98. The summed E-state index contributed by atoms with van der Waals surface area (Å²) in [6.45, 7) is 0. The molecule has 0 aliphatic heterocycles. The largest absolute Gasteiger partial charge is 0.227 e. The first-order valence-corrected chi connectivity index (χ1v) is 14.1. The van der Waals surface area contributed by atoms with Crippen molar-refractivity contribution in [3.8, 4) is 33.8 Å². The third kappa shape index (κ3) is 4.04. The number of nitrogens with zero attached hydrogens (tertiary/aromatic N) is 2. The Hall–Kier alpha value is -5.05. The van der Waals surface area contributed by atoms with Crippen molar-refractivity contribution in [2.75, 3.05) is 0 Å². The van der Waals surface area contributed by atoms with Crippen LogP contribution in [0.5, 0.6) is 0 Å². The van der Waals surface area contributed by atoms with Crippen LogP contribution in [0.2, 0.25) is 5.02 Å². The van der Waals surface area contributed by atoms with Gasteiger partial charge in [-0.1, -0.05) is 121 Å². The van der Waals surface area contributed by atoms with E-state index in [0.29, 0.717) is 10.8 Å². The number of hydrogen-bond donors (Lipinski definition) is 0. The zero-order chi connectivity index (χ0) is 27.3. The van der Waals surface area contributed by atoms with Gasteiger partial charge in [0.2, 0.25) is 0 Å². The van der Waals surface area contributed by atoms with E-state index in [1.165, 1.54) is 21.5 Å². The smallest absolute Gasteiger partial charge is 0.160 e. The number of benzene rings is 7. The first-order chi connectivity index (χ1) is 20.2. The fraction of sp³-hybridized carbons (Fsp3) is 0. The summed E-state index contributed by atoms with van der Waals surface area (Å²) in [6.07, 6.45) is 0. The minimum atomic E-state index is 0.651. The molecule has 1 heterocycles. The van der Waals surface area contributed by atoms with Crippen LogP contribution in [0.15, 0.2) is 140 Å². The van der Waals surface area contributed by atoms with Gasteiger partial charge < -0.3 is 0 Å². The van der Waals surface area contributed by atoms with Gasteiger partial charge in [-0.2, -0.15) is 0 Å². The summed E-state index contributed by atoms with van der Waals surface area (Å²) in [6, 6.07) is 48.5. The van der Waals surface area contributed by atoms with Gasteiger partial charge in [0.05, 0.1) is 11.2 Å². The fourth-order valence-corrected chi connectivity index (χ4v) is 6.21. The summed E-state index contributed by atoms with van der Waals surface area (Å²) >= 11 is 6.83. The lowest BCUT2D eigenvalue weighted by Gasteiger charge is -2.14. The molecule has 41 heavy (non-hydrogen) atoms. The van der Waals surface area contributed by atoms with E-state index < -0.39 is 0 Å². The Morgan fingerprint density at radius 1 is 0.415 bits per heavy atom. The van der Waals surface area contributed by atoms with Crippen molar-refractivity contribution in [1.29, 1.82) is 0 Å². The van der Waals surface area contributed by atoms with Crippen LogP contribution in [0.25, 0.3) is 77.0 Å². The number of rotatable bonds is 3. The lowest BCUT2D eigenvalue weighted by atomic mass is 9.92. The molecule has 0 aliphatic carbocycles. The van der Waals surface area contributed by atoms with Crippen LogP contribution in [-0.2, 0) is 0 Å². The quantitative estimate of drug-likeness (QED) is 0.207. The second-order valence-corrected chi connectivity index (χ2v) is 10.8. The van der Waals surface area contributed by atoms with Crippen LogP contribution >= 0.6 is 11.6 Å². The highest BCUT2D eigenvalue weighted by atomic mass is 35.5. The van der Waals surface area contributed by atoms with Crippen molar-refractivity contribution >= 4 is 54.8 Å². The number of aromatic nitrogens is 2. The Bertz CT molecular complexity index is 2270. The molecule has 192 valence electrons. The molecule has 0 saturated heterocycles. The maximum atomic E-state index is 6.83. The average molecular weight is 543 g/mol. The standard InChI is InChI=1S/C38H23ClN2/c39-29-21-27(35-23-26-13-5-6-14-30(26)32-16-8-9-17-33(32)35)20-28(22-29)38-40-36(25-11-2-1-3-12-25)34-19-18-24-10-4-7-15-31(24)37(34)41-38/h1-23H. The molecule has 0 unspecified atom stereocenters. The zero-order valence-corrected chi connectivity index (χ0v) is 22.8. The molecule has 0 N–H and O–H groups in total. The molecule has 0 amide bonds. The van der Waals surface area contributed by atoms with Crippen molar-refractivity contribution in [2.24, 2.45) is 0 Å². The van der Waals surface area contributed by atoms with Crippen molar-refractivity contribution in [3.63, 3.8) is 0 Å². The average Bonchev–Trinajstić information content (AvgIpc) is 3.04. The normalized spacial score (nSPS) is 11.5. The second kappa shape index (κ2) is 9.55. The Morgan fingerprint density at radius 2 is 1.07 bits per heavy atom. The van der Waals surface area contributed by atoms with Crippen molar-refractivity contribution in [3.05, 3.63) is 145 Å². The van der Waals surface area contributed by atoms with Crippen LogP contribution in [0.4, 0.5) is 0 Å². The van der Waals surface area contributed by atoms with Crippen molar-refractivity contribution < 1.29 is 0 Å². The molecule has 0 fully saturated rings. The SMILES string of the molecule is Clc1cc(-c2nc(-c3ccccc3)c3ccc4ccccc4c3n2)cc(-c2cc3ccccc3c3ccccc23)c1. The van der Waals surface area contributed by atoms with E-state index >= 15 is 0 Å². The topological polar surface area (TPSA) is 25.8 Å². The van der Waals surface area contributed by atoms with Crippen LogP contribution in [0, 0.1) is 0 Å². The third-order valence-electron chi connectivity index (χ3n) is 7.87. The van der Waals surface area contributed by atoms with E-state index in [2.05, 4.69) is 109 Å². The lowest BCUT2D eigenvalue weighted by molar-refractivity contribution is 1.23. The molecule has 0 spiro atoms. The molecule has 0 atom stereocenters. The predicted octanol–water partition coefficient (Wildman–Crippen LogP) is 10.7. The maximum absolute atomic E-state index is 6.83. The zero-order valence-electron chi connectivity index (χ0n) is 22.1. The van der Waals surface area contributed by atoms with Gasteiger partial charge in [0.25, 0.3) is 0 Å². The van der Waals surface area contributed by atoms with Gasteiger partial charge in [-0.15, -0.1) is 0 Å². The van der Waals surface area contributed by atoms with E-state index in [4.69, 9.17) is 21.6 Å². The summed E-state index contributed by atoms with van der Waals surface area (Å²) in [5, 5.41) is 8.79. The molecule has 7 aromatic carbocycles. The Morgan fingerprint density at radius 3 is 1.90 bits per heavy atom. The summed E-state index contributed by atoms with van der Waals surface area (Å²) < 4.78 is 0. The number of hydrogen-bond acceptors (Lipinski definition) is 2. The van der Waals surface area contributed by atoms with E-state index in [1.807, 2.05) is 30.3 Å². The molecular formula is C38H23ClN2. The third-order valence-corrected chi connectivity index (χ3v) is 8.09. The molecule has 2 nitrogen and oxygen atoms in total. The number of fused-ring (bicyclic) bond motifs is 6. The van der Waals surface area contributed by atoms with E-state index in [1.54, 1.807) is 0 Å². The predicted molar refractivity (Wildman–Crippen MR) is 173 cm³/mol. The Balaban J connectivity index is 1.41. The summed E-state index contributed by atoms with van der Waals surface area (Å²) in [7, 11) is 0. The van der Waals surface area contributed by atoms with Crippen LogP contribution < -0.4 is 0 Å². The summed E-state index contributed by atoms with van der Waals surface area (Å²) in [5.41, 5.74) is 5.96. The molecule has 0 saturated carbocycles. The van der Waals surface area contributed by atoms with Crippen molar-refractivity contribution in [1.82, 2.24) is 9.97 Å². The van der Waals surface area contributed by atoms with E-state index in [9.17, 15) is 0 Å². The molecule has 0 aliphatic rings. The Labute approximate surface area is 242 Å². The molecule has 0 radical (unpaired) electrons. The van der Waals surface area contributed by atoms with Crippen molar-refractivity contribution in [2.45, 2.75) is 0 Å². The molecular weight excluding hydrogens is 520 g/mol. The molecule has 3 heteroatoms. The van der Waals surface area contributed by atoms with Gasteiger partial charge in [0.15, 0.2) is 5.82 Å². The van der Waals surface area contributed by atoms with Crippen LogP contribution in [-0.4, -0.2) is 9.97 Å². The second-order valence-electron chi connectivity index (χ2n) is 10.4. The molecule has 1 aromatic heterocycles. The highest BCUT2D eigenvalue weighted by Crippen LogP contribution is 2.39. The van der Waals surface area contributed by atoms with Gasteiger partial charge in [-0.3, -0.25) is 0 Å². The number of halogens is 1. The maximum Gasteiger partial charge on any atom is 0.160 e. The van der Waals surface area contributed by atoms with E-state index in [0.717, 1.165) is 49.6 Å². The Kier molecular flexibility index (Phi) is 5.54. The van der Waals surface area contributed by atoms with Crippen LogP contribution in [0.3, 0.4) is 0 Å². The first-order valence-electron chi connectivity index (χ1n) is 13.7. The van der Waals surface area contributed by atoms with Gasteiger partial charge >= 0.3 is 0 Å². The van der Waals surface area contributed by atoms with Gasteiger partial charge in [0, 0.05) is 26.9 Å². The highest BCUT2D eigenvalue weighted by Gasteiger charge is 2.16. The van der Waals surface area contributed by atoms with Gasteiger partial charge in [-0.05, 0) is 68.4 Å². The molecule has 8 rings (SSSR count). The monoisotopic (exact) mass is 542 g/mol. The first kappa shape index (κ1) is 23.8. The molecule has 0 bridgehead atoms. The highest BCUT2D eigenvalue weighted by molar-refractivity contribution is 6.31. The van der Waals surface area contributed by atoms with Gasteiger partial charge in [0.1, 0.15) is 0 Å². The molecule has 8 aromatic rings. The lowest BCUT2D eigenvalue weighted by Crippen LogP contribution is -1.96. The summed E-state index contributed by atoms with van der Waals surface area (Å²) in [4.78, 5) is 10.3. The van der Waals surface area contributed by atoms with Crippen LogP contribution in [0.1, 0.15) is 0 Å². The minimum absolute atomic E-state index is 0.651. The summed E-state index contributed by atoms with van der Waals surface area (Å²) in [5.74, 6) is 0.654.